The number of amides is 3. The van der Waals surface area contributed by atoms with E-state index < -0.39 is 91.4 Å². The number of nitrogens with two attached hydrogens (primary N) is 1. The van der Waals surface area contributed by atoms with E-state index in [-0.39, 0.29) is 12.8 Å². The molecule has 16 heteroatoms. The molecule has 2 aromatic rings. The van der Waals surface area contributed by atoms with Crippen molar-refractivity contribution in [3.8, 4) is 0 Å². The maximum Gasteiger partial charge on any atom is 0.326 e. The quantitative estimate of drug-likeness (QED) is 0.107. The van der Waals surface area contributed by atoms with E-state index in [2.05, 4.69) is 15.6 Å². The first-order valence-corrected chi connectivity index (χ1v) is 12.4. The van der Waals surface area contributed by atoms with Gasteiger partial charge in [0.2, 0.25) is 17.7 Å². The summed E-state index contributed by atoms with van der Waals surface area (Å²) in [6.45, 7) is 0. The maximum absolute atomic E-state index is 13.4. The summed E-state index contributed by atoms with van der Waals surface area (Å²) in [6, 6.07) is 0.906. The molecule has 3 amide bonds. The minimum Gasteiger partial charge on any atom is -0.481 e. The summed E-state index contributed by atoms with van der Waals surface area (Å²) in [5.74, 6) is -8.66. The molecule has 1 heterocycles. The molecule has 0 aliphatic rings. The van der Waals surface area contributed by atoms with Gasteiger partial charge in [-0.1, -0.05) is 18.2 Å². The van der Waals surface area contributed by atoms with E-state index in [1.165, 1.54) is 0 Å². The number of H-pyrrole nitrogens is 1. The van der Waals surface area contributed by atoms with Crippen LogP contribution >= 0.6 is 0 Å². The molecule has 2 rings (SSSR count). The summed E-state index contributed by atoms with van der Waals surface area (Å²) in [5, 5.41) is 43.6. The van der Waals surface area contributed by atoms with Crippen LogP contribution in [0.25, 0.3) is 10.9 Å². The zero-order valence-corrected chi connectivity index (χ0v) is 21.7. The lowest BCUT2D eigenvalue weighted by Gasteiger charge is -2.25. The number of benzene rings is 1. The van der Waals surface area contributed by atoms with Gasteiger partial charge in [-0.25, -0.2) is 4.79 Å². The average molecular weight is 578 g/mol. The van der Waals surface area contributed by atoms with Gasteiger partial charge in [0.15, 0.2) is 0 Å². The van der Waals surface area contributed by atoms with Crippen molar-refractivity contribution in [3.63, 3.8) is 0 Å². The van der Waals surface area contributed by atoms with Crippen molar-refractivity contribution < 1.29 is 54.0 Å². The predicted octanol–water partition coefficient (Wildman–Crippen LogP) is -1.22. The van der Waals surface area contributed by atoms with Crippen LogP contribution in [0.3, 0.4) is 0 Å². The minimum absolute atomic E-state index is 0.128. The molecule has 4 unspecified atom stereocenters. The number of aliphatic carboxylic acids is 4. The number of hydrogen-bond donors (Lipinski definition) is 9. The topological polar surface area (TPSA) is 278 Å². The largest absolute Gasteiger partial charge is 0.481 e. The van der Waals surface area contributed by atoms with Crippen LogP contribution in [0.4, 0.5) is 0 Å². The van der Waals surface area contributed by atoms with E-state index >= 15 is 0 Å². The van der Waals surface area contributed by atoms with Crippen molar-refractivity contribution in [2.24, 2.45) is 5.73 Å². The fourth-order valence-electron chi connectivity index (χ4n) is 3.87. The molecule has 1 aromatic carbocycles. The molecule has 0 spiro atoms. The normalized spacial score (nSPS) is 13.8. The van der Waals surface area contributed by atoms with Gasteiger partial charge in [-0.2, -0.15) is 0 Å². The van der Waals surface area contributed by atoms with Gasteiger partial charge in [-0.05, 0) is 24.5 Å². The number of aromatic nitrogens is 1. The molecular weight excluding hydrogens is 546 g/mol. The number of nitrogens with one attached hydrogen (secondary N) is 4. The first-order chi connectivity index (χ1) is 19.3. The number of hydrogen-bond acceptors (Lipinski definition) is 8. The second kappa shape index (κ2) is 15.0. The van der Waals surface area contributed by atoms with Gasteiger partial charge < -0.3 is 47.1 Å². The van der Waals surface area contributed by atoms with E-state index in [0.29, 0.717) is 10.9 Å². The Morgan fingerprint density at radius 2 is 1.29 bits per heavy atom. The van der Waals surface area contributed by atoms with Gasteiger partial charge in [-0.3, -0.25) is 28.8 Å². The van der Waals surface area contributed by atoms with Crippen LogP contribution in [0.15, 0.2) is 30.5 Å². The van der Waals surface area contributed by atoms with Gasteiger partial charge in [-0.15, -0.1) is 0 Å². The lowest BCUT2D eigenvalue weighted by molar-refractivity contribution is -0.147. The number of carboxylic acids is 4. The zero-order valence-electron chi connectivity index (χ0n) is 21.7. The SMILES string of the molecule is NC(CCC(=O)O)C(=O)NC(Cc1c[nH]c2ccccc12)C(=O)NC(CCC(=O)O)C(=O)NC(CC(=O)O)C(=O)O. The molecule has 16 nitrogen and oxygen atoms in total. The highest BCUT2D eigenvalue weighted by molar-refractivity contribution is 5.95. The van der Waals surface area contributed by atoms with E-state index in [1.54, 1.807) is 30.5 Å². The van der Waals surface area contributed by atoms with Crippen LogP contribution < -0.4 is 21.7 Å². The molecule has 222 valence electrons. The Morgan fingerprint density at radius 3 is 1.90 bits per heavy atom. The van der Waals surface area contributed by atoms with Crippen molar-refractivity contribution in [1.29, 1.82) is 0 Å². The Kier molecular flexibility index (Phi) is 11.8. The van der Waals surface area contributed by atoms with Crippen molar-refractivity contribution in [2.75, 3.05) is 0 Å². The molecular formula is C25H31N5O11. The molecule has 10 N–H and O–H groups in total. The molecule has 1 aromatic heterocycles. The Labute approximate surface area is 232 Å². The van der Waals surface area contributed by atoms with Crippen LogP contribution in [0.2, 0.25) is 0 Å². The molecule has 0 fully saturated rings. The lowest BCUT2D eigenvalue weighted by atomic mass is 10.0. The molecule has 0 radical (unpaired) electrons. The Hall–Kier alpha value is -4.99. The monoisotopic (exact) mass is 577 g/mol. The van der Waals surface area contributed by atoms with Crippen LogP contribution in [-0.2, 0) is 40.0 Å². The number of carbonyl (C=O) groups is 7. The molecule has 0 aliphatic heterocycles. The number of para-hydroxylation sites is 1. The highest BCUT2D eigenvalue weighted by Gasteiger charge is 2.32. The second-order valence-electron chi connectivity index (χ2n) is 9.15. The Bertz CT molecular complexity index is 1310. The molecule has 0 bridgehead atoms. The van der Waals surface area contributed by atoms with E-state index in [1.807, 2.05) is 5.32 Å². The third kappa shape index (κ3) is 10.2. The summed E-state index contributed by atoms with van der Waals surface area (Å²) in [4.78, 5) is 86.4. The molecule has 41 heavy (non-hydrogen) atoms. The standard InChI is InChI=1S/C25H31N5O11/c26-14(5-7-19(31)32)22(37)29-17(9-12-11-27-15-4-2-1-3-13(12)15)24(39)28-16(6-8-20(33)34)23(38)30-18(25(40)41)10-21(35)36/h1-4,11,14,16-18,27H,5-10,26H2,(H,28,39)(H,29,37)(H,30,38)(H,31,32)(H,33,34)(H,35,36)(H,40,41). The average Bonchev–Trinajstić information content (AvgIpc) is 3.30. The number of fused-ring (bicyclic) bond motifs is 1. The van der Waals surface area contributed by atoms with E-state index in [4.69, 9.17) is 21.1 Å². The first kappa shape index (κ1) is 32.2. The van der Waals surface area contributed by atoms with Gasteiger partial charge in [0.05, 0.1) is 12.5 Å². The lowest BCUT2D eigenvalue weighted by Crippen LogP contribution is -2.57. The van der Waals surface area contributed by atoms with E-state index in [0.717, 1.165) is 5.52 Å². The zero-order chi connectivity index (χ0) is 30.7. The smallest absolute Gasteiger partial charge is 0.326 e. The minimum atomic E-state index is -1.86. The fraction of sp³-hybridized carbons (Fsp3) is 0.400. The number of aromatic amines is 1. The molecule has 0 saturated heterocycles. The fourth-order valence-corrected chi connectivity index (χ4v) is 3.87. The summed E-state index contributed by atoms with van der Waals surface area (Å²) in [5.41, 5.74) is 7.09. The van der Waals surface area contributed by atoms with Crippen LogP contribution in [0.1, 0.15) is 37.7 Å². The Balaban J connectivity index is 2.32. The van der Waals surface area contributed by atoms with Crippen LogP contribution in [0.5, 0.6) is 0 Å². The van der Waals surface area contributed by atoms with Crippen molar-refractivity contribution in [3.05, 3.63) is 36.0 Å². The molecule has 0 saturated carbocycles. The highest BCUT2D eigenvalue weighted by Crippen LogP contribution is 2.19. The maximum atomic E-state index is 13.4. The molecule has 4 atom stereocenters. The van der Waals surface area contributed by atoms with E-state index in [9.17, 15) is 38.7 Å². The van der Waals surface area contributed by atoms with Crippen molar-refractivity contribution in [2.45, 2.75) is 62.7 Å². The van der Waals surface area contributed by atoms with Gasteiger partial charge in [0, 0.05) is 36.4 Å². The van der Waals surface area contributed by atoms with Gasteiger partial charge >= 0.3 is 23.9 Å². The van der Waals surface area contributed by atoms with Gasteiger partial charge in [0.25, 0.3) is 0 Å². The molecule has 0 aliphatic carbocycles. The summed E-state index contributed by atoms with van der Waals surface area (Å²) in [7, 11) is 0. The summed E-state index contributed by atoms with van der Waals surface area (Å²) < 4.78 is 0. The predicted molar refractivity (Wildman–Crippen MR) is 139 cm³/mol. The first-order valence-electron chi connectivity index (χ1n) is 12.4. The Morgan fingerprint density at radius 1 is 0.732 bits per heavy atom. The number of rotatable bonds is 17. The van der Waals surface area contributed by atoms with Crippen LogP contribution in [-0.4, -0.2) is 91.2 Å². The highest BCUT2D eigenvalue weighted by atomic mass is 16.4. The summed E-state index contributed by atoms with van der Waals surface area (Å²) >= 11 is 0. The number of carbonyl (C=O) groups excluding carboxylic acids is 3. The van der Waals surface area contributed by atoms with Gasteiger partial charge in [0.1, 0.15) is 18.1 Å². The van der Waals surface area contributed by atoms with Crippen molar-refractivity contribution >= 4 is 52.5 Å². The number of carboxylic acid groups (broad SMARTS) is 4. The summed E-state index contributed by atoms with van der Waals surface area (Å²) in [6.07, 6.45) is -1.25. The van der Waals surface area contributed by atoms with Crippen LogP contribution in [0, 0.1) is 0 Å². The third-order valence-corrected chi connectivity index (χ3v) is 6.01. The third-order valence-electron chi connectivity index (χ3n) is 6.01. The second-order valence-corrected chi connectivity index (χ2v) is 9.15. The van der Waals surface area contributed by atoms with Crippen molar-refractivity contribution in [1.82, 2.24) is 20.9 Å².